The number of aryl methyl sites for hydroxylation is 1. The minimum atomic E-state index is -0.000212. The van der Waals surface area contributed by atoms with E-state index in [9.17, 15) is 4.79 Å². The van der Waals surface area contributed by atoms with Gasteiger partial charge in [0.15, 0.2) is 5.82 Å². The predicted octanol–water partition coefficient (Wildman–Crippen LogP) is 3.62. The summed E-state index contributed by atoms with van der Waals surface area (Å²) in [4.78, 5) is 19.6. The van der Waals surface area contributed by atoms with E-state index in [0.717, 1.165) is 10.4 Å². The van der Waals surface area contributed by atoms with Crippen LogP contribution in [0.1, 0.15) is 29.3 Å². The van der Waals surface area contributed by atoms with Crippen molar-refractivity contribution >= 4 is 17.2 Å². The van der Waals surface area contributed by atoms with Crippen LogP contribution in [-0.2, 0) is 11.3 Å². The van der Waals surface area contributed by atoms with Crippen LogP contribution in [0.4, 0.5) is 0 Å². The lowest BCUT2D eigenvalue weighted by Gasteiger charge is -2.16. The van der Waals surface area contributed by atoms with Gasteiger partial charge in [0.1, 0.15) is 0 Å². The van der Waals surface area contributed by atoms with E-state index in [1.807, 2.05) is 28.5 Å². The molecule has 1 atom stereocenters. The normalized spacial score (nSPS) is 17.6. The third-order valence-electron chi connectivity index (χ3n) is 4.21. The summed E-state index contributed by atoms with van der Waals surface area (Å²) >= 11 is 1.56. The van der Waals surface area contributed by atoms with Gasteiger partial charge in [0.05, 0.1) is 4.88 Å². The zero-order chi connectivity index (χ0) is 16.5. The fourth-order valence-electron chi connectivity index (χ4n) is 3.03. The smallest absolute Gasteiger partial charge is 0.267 e. The highest BCUT2D eigenvalue weighted by Crippen LogP contribution is 2.30. The van der Waals surface area contributed by atoms with E-state index in [2.05, 4.69) is 35.3 Å². The van der Waals surface area contributed by atoms with Gasteiger partial charge in [-0.1, -0.05) is 41.1 Å². The van der Waals surface area contributed by atoms with E-state index >= 15 is 0 Å². The fraction of sp³-hybridized carbons (Fsp3) is 0.278. The second-order valence-electron chi connectivity index (χ2n) is 6.10. The Balaban J connectivity index is 1.48. The van der Waals surface area contributed by atoms with Gasteiger partial charge >= 0.3 is 0 Å². The Bertz CT molecular complexity index is 857. The average Bonchev–Trinajstić information content (AvgIpc) is 3.28. The monoisotopic (exact) mass is 339 g/mol. The molecule has 1 saturated heterocycles. The molecule has 5 nitrogen and oxygen atoms in total. The summed E-state index contributed by atoms with van der Waals surface area (Å²) in [5.74, 6) is 1.30. The number of thiophene rings is 1. The van der Waals surface area contributed by atoms with Crippen LogP contribution in [0, 0.1) is 6.92 Å². The highest BCUT2D eigenvalue weighted by molar-refractivity contribution is 7.13. The first-order valence-electron chi connectivity index (χ1n) is 7.90. The van der Waals surface area contributed by atoms with Crippen molar-refractivity contribution in [2.75, 3.05) is 6.54 Å². The Morgan fingerprint density at radius 3 is 3.04 bits per heavy atom. The third-order valence-corrected chi connectivity index (χ3v) is 5.07. The maximum Gasteiger partial charge on any atom is 0.267 e. The predicted molar refractivity (Wildman–Crippen MR) is 91.6 cm³/mol. The molecular formula is C18H17N3O2S. The zero-order valence-corrected chi connectivity index (χ0v) is 14.1. The summed E-state index contributed by atoms with van der Waals surface area (Å²) in [6.45, 7) is 3.33. The van der Waals surface area contributed by atoms with Gasteiger partial charge in [0, 0.05) is 25.4 Å². The molecule has 1 aliphatic rings. The van der Waals surface area contributed by atoms with Crippen molar-refractivity contribution in [2.45, 2.75) is 25.8 Å². The number of likely N-dealkylation sites (tertiary alicyclic amines) is 1. The SMILES string of the molecule is Cc1cccc(CN2CC(c3noc(-c4cccs4)n3)CC2=O)c1. The van der Waals surface area contributed by atoms with Crippen LogP contribution in [0.5, 0.6) is 0 Å². The summed E-state index contributed by atoms with van der Waals surface area (Å²) in [6, 6.07) is 12.2. The molecule has 0 radical (unpaired) electrons. The van der Waals surface area contributed by atoms with Gasteiger partial charge in [0.25, 0.3) is 5.89 Å². The Labute approximate surface area is 143 Å². The number of hydrogen-bond acceptors (Lipinski definition) is 5. The summed E-state index contributed by atoms with van der Waals surface area (Å²) in [5, 5.41) is 6.06. The maximum atomic E-state index is 12.3. The molecule has 1 aliphatic heterocycles. The van der Waals surface area contributed by atoms with Crippen molar-refractivity contribution in [3.63, 3.8) is 0 Å². The molecule has 1 fully saturated rings. The van der Waals surface area contributed by atoms with Crippen molar-refractivity contribution in [3.8, 4) is 10.8 Å². The van der Waals surface area contributed by atoms with Crippen LogP contribution in [0.15, 0.2) is 46.3 Å². The molecule has 0 bridgehead atoms. The van der Waals surface area contributed by atoms with Crippen molar-refractivity contribution in [3.05, 3.63) is 58.7 Å². The van der Waals surface area contributed by atoms with Crippen LogP contribution in [-0.4, -0.2) is 27.5 Å². The highest BCUT2D eigenvalue weighted by Gasteiger charge is 2.33. The lowest BCUT2D eigenvalue weighted by molar-refractivity contribution is -0.128. The molecule has 3 aromatic rings. The highest BCUT2D eigenvalue weighted by atomic mass is 32.1. The summed E-state index contributed by atoms with van der Waals surface area (Å²) in [5.41, 5.74) is 2.35. The van der Waals surface area contributed by atoms with Gasteiger partial charge in [-0.3, -0.25) is 4.79 Å². The van der Waals surface area contributed by atoms with Gasteiger partial charge in [-0.2, -0.15) is 4.98 Å². The average molecular weight is 339 g/mol. The molecular weight excluding hydrogens is 322 g/mol. The van der Waals surface area contributed by atoms with Gasteiger partial charge < -0.3 is 9.42 Å². The van der Waals surface area contributed by atoms with E-state index in [1.54, 1.807) is 11.3 Å². The fourth-order valence-corrected chi connectivity index (χ4v) is 3.67. The number of benzene rings is 1. The van der Waals surface area contributed by atoms with Gasteiger partial charge in [-0.25, -0.2) is 0 Å². The van der Waals surface area contributed by atoms with Crippen LogP contribution in [0.2, 0.25) is 0 Å². The molecule has 0 N–H and O–H groups in total. The van der Waals surface area contributed by atoms with Crippen molar-refractivity contribution in [2.24, 2.45) is 0 Å². The molecule has 2 aromatic heterocycles. The van der Waals surface area contributed by atoms with E-state index in [0.29, 0.717) is 31.2 Å². The number of carbonyl (C=O) groups excluding carboxylic acids is 1. The van der Waals surface area contributed by atoms with E-state index in [1.165, 1.54) is 5.56 Å². The molecule has 24 heavy (non-hydrogen) atoms. The summed E-state index contributed by atoms with van der Waals surface area (Å²) in [6.07, 6.45) is 0.440. The van der Waals surface area contributed by atoms with Gasteiger partial charge in [0.2, 0.25) is 5.91 Å². The summed E-state index contributed by atoms with van der Waals surface area (Å²) < 4.78 is 5.35. The molecule has 0 spiro atoms. The van der Waals surface area contributed by atoms with E-state index < -0.39 is 0 Å². The molecule has 1 unspecified atom stereocenters. The van der Waals surface area contributed by atoms with Crippen LogP contribution in [0.3, 0.4) is 0 Å². The number of nitrogens with zero attached hydrogens (tertiary/aromatic N) is 3. The topological polar surface area (TPSA) is 59.2 Å². The van der Waals surface area contributed by atoms with Crippen LogP contribution >= 0.6 is 11.3 Å². The molecule has 6 heteroatoms. The maximum absolute atomic E-state index is 12.3. The minimum Gasteiger partial charge on any atom is -0.338 e. The second-order valence-corrected chi connectivity index (χ2v) is 7.05. The van der Waals surface area contributed by atoms with Crippen molar-refractivity contribution in [1.29, 1.82) is 0 Å². The molecule has 1 aromatic carbocycles. The second kappa shape index (κ2) is 6.20. The number of rotatable bonds is 4. The number of carbonyl (C=O) groups is 1. The van der Waals surface area contributed by atoms with Gasteiger partial charge in [-0.05, 0) is 23.9 Å². The van der Waals surface area contributed by atoms with E-state index in [4.69, 9.17) is 4.52 Å². The van der Waals surface area contributed by atoms with E-state index in [-0.39, 0.29) is 11.8 Å². The van der Waals surface area contributed by atoms with Crippen LogP contribution < -0.4 is 0 Å². The molecule has 0 aliphatic carbocycles. The molecule has 1 amide bonds. The van der Waals surface area contributed by atoms with Crippen molar-refractivity contribution in [1.82, 2.24) is 15.0 Å². The summed E-state index contributed by atoms with van der Waals surface area (Å²) in [7, 11) is 0. The molecule has 122 valence electrons. The Hall–Kier alpha value is -2.47. The van der Waals surface area contributed by atoms with Gasteiger partial charge in [-0.15, -0.1) is 11.3 Å². The Morgan fingerprint density at radius 1 is 1.33 bits per heavy atom. The number of hydrogen-bond donors (Lipinski definition) is 0. The number of amides is 1. The third kappa shape index (κ3) is 2.97. The first-order valence-corrected chi connectivity index (χ1v) is 8.78. The quantitative estimate of drug-likeness (QED) is 0.728. The molecule has 0 saturated carbocycles. The largest absolute Gasteiger partial charge is 0.338 e. The lowest BCUT2D eigenvalue weighted by atomic mass is 10.1. The van der Waals surface area contributed by atoms with Crippen molar-refractivity contribution < 1.29 is 9.32 Å². The molecule has 4 rings (SSSR count). The standard InChI is InChI=1S/C18H17N3O2S/c1-12-4-2-5-13(8-12)10-21-11-14(9-16(21)22)17-19-18(23-20-17)15-6-3-7-24-15/h2-8,14H,9-11H2,1H3. The first-order chi connectivity index (χ1) is 11.7. The first kappa shape index (κ1) is 15.1. The minimum absolute atomic E-state index is 0.000212. The Kier molecular flexibility index (Phi) is 3.90. The Morgan fingerprint density at radius 2 is 2.25 bits per heavy atom. The van der Waals surface area contributed by atoms with Crippen LogP contribution in [0.25, 0.3) is 10.8 Å². The molecule has 3 heterocycles. The number of aromatic nitrogens is 2. The lowest BCUT2D eigenvalue weighted by Crippen LogP contribution is -2.24. The zero-order valence-electron chi connectivity index (χ0n) is 13.3.